The van der Waals surface area contributed by atoms with Gasteiger partial charge in [-0.05, 0) is 19.1 Å². The standard InChI is InChI=1S/C15H20O5/c1-10-5-6-13(18-3)12(7-10)15(14(16)19-4)8-11(17-2)9-20-15/h5-7,11H,8-9H2,1-4H3/t11-,15-/m1/s1. The van der Waals surface area contributed by atoms with Crippen LogP contribution in [0.1, 0.15) is 17.5 Å². The minimum atomic E-state index is -1.16. The molecule has 1 aliphatic rings. The fraction of sp³-hybridized carbons (Fsp3) is 0.533. The van der Waals surface area contributed by atoms with Crippen molar-refractivity contribution in [3.8, 4) is 5.75 Å². The topological polar surface area (TPSA) is 54.0 Å². The van der Waals surface area contributed by atoms with E-state index in [2.05, 4.69) is 0 Å². The van der Waals surface area contributed by atoms with E-state index in [1.54, 1.807) is 14.2 Å². The molecule has 0 aliphatic carbocycles. The number of benzene rings is 1. The number of hydrogen-bond acceptors (Lipinski definition) is 5. The number of carbonyl (C=O) groups excluding carboxylic acids is 1. The number of esters is 1. The van der Waals surface area contributed by atoms with Gasteiger partial charge in [-0.3, -0.25) is 0 Å². The van der Waals surface area contributed by atoms with Crippen LogP contribution in [0.3, 0.4) is 0 Å². The van der Waals surface area contributed by atoms with Crippen molar-refractivity contribution >= 4 is 5.97 Å². The summed E-state index contributed by atoms with van der Waals surface area (Å²) < 4.78 is 21.4. The molecule has 0 N–H and O–H groups in total. The largest absolute Gasteiger partial charge is 0.496 e. The smallest absolute Gasteiger partial charge is 0.343 e. The molecule has 1 fully saturated rings. The van der Waals surface area contributed by atoms with Crippen LogP contribution in [0, 0.1) is 6.92 Å². The van der Waals surface area contributed by atoms with Gasteiger partial charge in [-0.1, -0.05) is 11.6 Å². The first-order chi connectivity index (χ1) is 9.57. The molecule has 1 aromatic carbocycles. The van der Waals surface area contributed by atoms with E-state index in [1.807, 2.05) is 25.1 Å². The monoisotopic (exact) mass is 280 g/mol. The Labute approximate surface area is 118 Å². The second-order valence-electron chi connectivity index (χ2n) is 4.90. The number of ether oxygens (including phenoxy) is 4. The first kappa shape index (κ1) is 14.8. The van der Waals surface area contributed by atoms with Crippen molar-refractivity contribution in [3.05, 3.63) is 29.3 Å². The minimum Gasteiger partial charge on any atom is -0.496 e. The van der Waals surface area contributed by atoms with Gasteiger partial charge in [-0.15, -0.1) is 0 Å². The summed E-state index contributed by atoms with van der Waals surface area (Å²) in [5.41, 5.74) is 0.548. The lowest BCUT2D eigenvalue weighted by molar-refractivity contribution is -0.165. The molecule has 110 valence electrons. The van der Waals surface area contributed by atoms with Gasteiger partial charge in [0.15, 0.2) is 5.60 Å². The van der Waals surface area contributed by atoms with Crippen molar-refractivity contribution in [1.29, 1.82) is 0 Å². The average Bonchev–Trinajstić information content (AvgIpc) is 2.92. The van der Waals surface area contributed by atoms with E-state index >= 15 is 0 Å². The highest BCUT2D eigenvalue weighted by atomic mass is 16.6. The third kappa shape index (κ3) is 2.39. The van der Waals surface area contributed by atoms with Gasteiger partial charge in [0.25, 0.3) is 0 Å². The summed E-state index contributed by atoms with van der Waals surface area (Å²) in [7, 11) is 4.53. The highest BCUT2D eigenvalue weighted by Gasteiger charge is 2.51. The van der Waals surface area contributed by atoms with Gasteiger partial charge in [0.05, 0.1) is 26.9 Å². The molecule has 1 aliphatic heterocycles. The highest BCUT2D eigenvalue weighted by molar-refractivity contribution is 5.83. The van der Waals surface area contributed by atoms with Crippen molar-refractivity contribution in [2.24, 2.45) is 0 Å². The van der Waals surface area contributed by atoms with Crippen LogP contribution in [-0.2, 0) is 24.6 Å². The second-order valence-corrected chi connectivity index (χ2v) is 4.90. The normalized spacial score (nSPS) is 25.5. The molecular weight excluding hydrogens is 260 g/mol. The molecule has 2 atom stereocenters. The number of aryl methyl sites for hydroxylation is 1. The van der Waals surface area contributed by atoms with E-state index in [0.29, 0.717) is 24.3 Å². The van der Waals surface area contributed by atoms with Crippen LogP contribution in [0.5, 0.6) is 5.75 Å². The molecule has 1 heterocycles. The highest BCUT2D eigenvalue weighted by Crippen LogP contribution is 2.42. The summed E-state index contributed by atoms with van der Waals surface area (Å²) in [5.74, 6) is 0.179. The molecule has 0 radical (unpaired) electrons. The Morgan fingerprint density at radius 1 is 1.35 bits per heavy atom. The van der Waals surface area contributed by atoms with Crippen molar-refractivity contribution in [2.45, 2.75) is 25.0 Å². The van der Waals surface area contributed by atoms with Crippen LogP contribution in [0.2, 0.25) is 0 Å². The molecule has 5 nitrogen and oxygen atoms in total. The zero-order chi connectivity index (χ0) is 14.8. The summed E-state index contributed by atoms with van der Waals surface area (Å²) >= 11 is 0. The summed E-state index contributed by atoms with van der Waals surface area (Å²) in [6, 6.07) is 5.66. The van der Waals surface area contributed by atoms with E-state index < -0.39 is 11.6 Å². The lowest BCUT2D eigenvalue weighted by Gasteiger charge is -2.27. The predicted molar refractivity (Wildman–Crippen MR) is 72.8 cm³/mol. The molecule has 5 heteroatoms. The summed E-state index contributed by atoms with van der Waals surface area (Å²) in [6.45, 7) is 2.30. The van der Waals surface area contributed by atoms with Crippen molar-refractivity contribution < 1.29 is 23.7 Å². The van der Waals surface area contributed by atoms with Gasteiger partial charge in [-0.25, -0.2) is 4.79 Å². The maximum absolute atomic E-state index is 12.3. The lowest BCUT2D eigenvalue weighted by atomic mass is 9.88. The Hall–Kier alpha value is -1.59. The molecule has 1 aromatic rings. The van der Waals surface area contributed by atoms with Crippen LogP contribution in [0.4, 0.5) is 0 Å². The van der Waals surface area contributed by atoms with Crippen LogP contribution in [-0.4, -0.2) is 40.0 Å². The molecule has 0 unspecified atom stereocenters. The first-order valence-corrected chi connectivity index (χ1v) is 6.47. The van der Waals surface area contributed by atoms with Gasteiger partial charge in [0.1, 0.15) is 5.75 Å². The third-order valence-corrected chi connectivity index (χ3v) is 3.67. The Morgan fingerprint density at radius 2 is 2.10 bits per heavy atom. The Kier molecular flexibility index (Phi) is 4.30. The van der Waals surface area contributed by atoms with Crippen LogP contribution < -0.4 is 4.74 Å². The van der Waals surface area contributed by atoms with Crippen LogP contribution >= 0.6 is 0 Å². The molecule has 0 amide bonds. The van der Waals surface area contributed by atoms with Gasteiger partial charge < -0.3 is 18.9 Å². The quantitative estimate of drug-likeness (QED) is 0.787. The number of methoxy groups -OCH3 is 3. The molecule has 20 heavy (non-hydrogen) atoms. The van der Waals surface area contributed by atoms with E-state index in [0.717, 1.165) is 5.56 Å². The molecular formula is C15H20O5. The molecule has 2 rings (SSSR count). The zero-order valence-corrected chi connectivity index (χ0v) is 12.3. The van der Waals surface area contributed by atoms with Crippen molar-refractivity contribution in [1.82, 2.24) is 0 Å². The van der Waals surface area contributed by atoms with E-state index in [4.69, 9.17) is 18.9 Å². The Morgan fingerprint density at radius 3 is 2.65 bits per heavy atom. The molecule has 0 spiro atoms. The van der Waals surface area contributed by atoms with Crippen molar-refractivity contribution in [3.63, 3.8) is 0 Å². The Bertz CT molecular complexity index is 499. The fourth-order valence-electron chi connectivity index (χ4n) is 2.57. The van der Waals surface area contributed by atoms with Crippen LogP contribution in [0.15, 0.2) is 18.2 Å². The lowest BCUT2D eigenvalue weighted by Crippen LogP contribution is -2.37. The maximum Gasteiger partial charge on any atom is 0.343 e. The maximum atomic E-state index is 12.3. The van der Waals surface area contributed by atoms with E-state index in [1.165, 1.54) is 7.11 Å². The van der Waals surface area contributed by atoms with Gasteiger partial charge >= 0.3 is 5.97 Å². The average molecular weight is 280 g/mol. The minimum absolute atomic E-state index is 0.140. The first-order valence-electron chi connectivity index (χ1n) is 6.47. The summed E-state index contributed by atoms with van der Waals surface area (Å²) in [6.07, 6.45) is 0.273. The number of hydrogen-bond donors (Lipinski definition) is 0. The summed E-state index contributed by atoms with van der Waals surface area (Å²) in [5, 5.41) is 0. The summed E-state index contributed by atoms with van der Waals surface area (Å²) in [4.78, 5) is 12.3. The third-order valence-electron chi connectivity index (χ3n) is 3.67. The number of rotatable bonds is 4. The van der Waals surface area contributed by atoms with Crippen molar-refractivity contribution in [2.75, 3.05) is 27.9 Å². The van der Waals surface area contributed by atoms with Gasteiger partial charge in [0, 0.05) is 19.1 Å². The predicted octanol–water partition coefficient (Wildman–Crippen LogP) is 1.81. The molecule has 0 saturated carbocycles. The molecule has 0 bridgehead atoms. The van der Waals surface area contributed by atoms with Gasteiger partial charge in [-0.2, -0.15) is 0 Å². The number of carbonyl (C=O) groups is 1. The van der Waals surface area contributed by atoms with E-state index in [-0.39, 0.29) is 6.10 Å². The van der Waals surface area contributed by atoms with Gasteiger partial charge in [0.2, 0.25) is 0 Å². The molecule has 1 saturated heterocycles. The Balaban J connectivity index is 2.53. The van der Waals surface area contributed by atoms with E-state index in [9.17, 15) is 4.79 Å². The fourth-order valence-corrected chi connectivity index (χ4v) is 2.57. The second kappa shape index (κ2) is 5.81. The zero-order valence-electron chi connectivity index (χ0n) is 12.3. The molecule has 0 aromatic heterocycles. The van der Waals surface area contributed by atoms with Crippen LogP contribution in [0.25, 0.3) is 0 Å². The SMILES string of the molecule is COC(=O)[C@]1(c2cc(C)ccc2OC)C[C@@H](OC)CO1.